The van der Waals surface area contributed by atoms with E-state index in [1.807, 2.05) is 76.2 Å². The first-order valence-electron chi connectivity index (χ1n) is 10.0. The second-order valence-electron chi connectivity index (χ2n) is 8.37. The Labute approximate surface area is 193 Å². The van der Waals surface area contributed by atoms with E-state index < -0.39 is 24.4 Å². The maximum atomic E-state index is 12.3. The lowest BCUT2D eigenvalue weighted by Gasteiger charge is -2.32. The van der Waals surface area contributed by atoms with Crippen LogP contribution in [0.5, 0.6) is 0 Å². The molecule has 0 atom stereocenters. The molecular weight excluding hydrogens is 436 g/mol. The number of rotatable bonds is 6. The van der Waals surface area contributed by atoms with E-state index in [9.17, 15) is 4.79 Å². The molecule has 5 nitrogen and oxygen atoms in total. The Morgan fingerprint density at radius 3 is 2.32 bits per heavy atom. The van der Waals surface area contributed by atoms with Gasteiger partial charge in [0.25, 0.3) is 0 Å². The van der Waals surface area contributed by atoms with Gasteiger partial charge in [0.2, 0.25) is 0 Å². The Hall–Kier alpha value is -1.99. The third-order valence-corrected chi connectivity index (χ3v) is 6.36. The standard InChI is InChI=1S/C23H26BCl2NO4/c1-22(2)23(3,4)31-24(30-22)18(13-17-11-8-12-19(25)20(17)26)14-27-21(28)29-15-16-9-6-5-7-10-16/h5-13H,14-15H2,1-4H3,(H,27,28). The molecule has 0 aromatic heterocycles. The van der Waals surface area contributed by atoms with Crippen molar-refractivity contribution in [1.29, 1.82) is 0 Å². The lowest BCUT2D eigenvalue weighted by molar-refractivity contribution is 0.00578. The van der Waals surface area contributed by atoms with Crippen LogP contribution in [-0.2, 0) is 20.7 Å². The molecule has 1 N–H and O–H groups in total. The van der Waals surface area contributed by atoms with Gasteiger partial charge >= 0.3 is 13.2 Å². The fourth-order valence-electron chi connectivity index (χ4n) is 2.98. The van der Waals surface area contributed by atoms with Gasteiger partial charge in [-0.15, -0.1) is 0 Å². The molecule has 2 aromatic rings. The Morgan fingerprint density at radius 2 is 1.68 bits per heavy atom. The third-order valence-electron chi connectivity index (χ3n) is 5.53. The van der Waals surface area contributed by atoms with Gasteiger partial charge in [-0.05, 0) is 50.4 Å². The molecule has 1 saturated heterocycles. The normalized spacial score (nSPS) is 17.5. The highest BCUT2D eigenvalue weighted by atomic mass is 35.5. The topological polar surface area (TPSA) is 56.8 Å². The molecule has 1 heterocycles. The van der Waals surface area contributed by atoms with E-state index in [4.69, 9.17) is 37.2 Å². The van der Waals surface area contributed by atoms with Gasteiger partial charge in [-0.3, -0.25) is 0 Å². The predicted octanol–water partition coefficient (Wildman–Crippen LogP) is 5.93. The molecule has 0 spiro atoms. The number of nitrogens with one attached hydrogen (secondary N) is 1. The Bertz CT molecular complexity index is 947. The lowest BCUT2D eigenvalue weighted by atomic mass is 9.77. The van der Waals surface area contributed by atoms with Gasteiger partial charge < -0.3 is 19.4 Å². The molecule has 31 heavy (non-hydrogen) atoms. The first-order chi connectivity index (χ1) is 14.6. The van der Waals surface area contributed by atoms with E-state index in [-0.39, 0.29) is 13.2 Å². The first kappa shape index (κ1) is 23.7. The summed E-state index contributed by atoms with van der Waals surface area (Å²) in [6.45, 7) is 8.23. The molecule has 3 rings (SSSR count). The van der Waals surface area contributed by atoms with Gasteiger partial charge in [-0.1, -0.05) is 71.7 Å². The first-order valence-corrected chi connectivity index (χ1v) is 10.8. The molecule has 1 aliphatic heterocycles. The van der Waals surface area contributed by atoms with Gasteiger partial charge in [0.05, 0.1) is 21.2 Å². The van der Waals surface area contributed by atoms with Gasteiger partial charge in [-0.25, -0.2) is 4.79 Å². The number of carbonyl (C=O) groups excluding carboxylic acids is 1. The van der Waals surface area contributed by atoms with Gasteiger partial charge in [-0.2, -0.15) is 0 Å². The molecule has 1 fully saturated rings. The third kappa shape index (κ3) is 5.83. The molecule has 1 aliphatic rings. The van der Waals surface area contributed by atoms with Crippen LogP contribution in [0, 0.1) is 0 Å². The fraction of sp³-hybridized carbons (Fsp3) is 0.348. The van der Waals surface area contributed by atoms with Crippen LogP contribution in [0.4, 0.5) is 4.79 Å². The fourth-order valence-corrected chi connectivity index (χ4v) is 3.34. The van der Waals surface area contributed by atoms with Crippen LogP contribution in [-0.4, -0.2) is 31.0 Å². The predicted molar refractivity (Wildman–Crippen MR) is 125 cm³/mol. The number of alkyl carbamates (subject to hydrolysis) is 1. The zero-order valence-corrected chi connectivity index (χ0v) is 19.6. The van der Waals surface area contributed by atoms with Crippen molar-refractivity contribution in [2.24, 2.45) is 0 Å². The summed E-state index contributed by atoms with van der Waals surface area (Å²) in [5.41, 5.74) is 1.26. The van der Waals surface area contributed by atoms with E-state index in [2.05, 4.69) is 5.32 Å². The highest BCUT2D eigenvalue weighted by Gasteiger charge is 2.52. The average Bonchev–Trinajstić information content (AvgIpc) is 2.94. The number of ether oxygens (including phenoxy) is 1. The second kappa shape index (κ2) is 9.66. The van der Waals surface area contributed by atoms with E-state index in [0.717, 1.165) is 5.56 Å². The van der Waals surface area contributed by atoms with Crippen molar-refractivity contribution in [3.63, 3.8) is 0 Å². The highest BCUT2D eigenvalue weighted by molar-refractivity contribution is 6.56. The van der Waals surface area contributed by atoms with Gasteiger partial charge in [0.1, 0.15) is 6.61 Å². The molecule has 164 valence electrons. The van der Waals surface area contributed by atoms with Gasteiger partial charge in [0, 0.05) is 6.54 Å². The molecule has 1 amide bonds. The minimum absolute atomic E-state index is 0.160. The smallest absolute Gasteiger partial charge is 0.445 e. The van der Waals surface area contributed by atoms with Crippen LogP contribution in [0.2, 0.25) is 10.0 Å². The maximum Gasteiger partial charge on any atom is 0.492 e. The minimum Gasteiger partial charge on any atom is -0.445 e. The summed E-state index contributed by atoms with van der Waals surface area (Å²) in [6.07, 6.45) is 1.29. The Morgan fingerprint density at radius 1 is 1.03 bits per heavy atom. The Balaban J connectivity index is 1.75. The molecule has 0 saturated carbocycles. The monoisotopic (exact) mass is 461 g/mol. The van der Waals surface area contributed by atoms with Crippen LogP contribution in [0.1, 0.15) is 38.8 Å². The van der Waals surface area contributed by atoms with Gasteiger partial charge in [0.15, 0.2) is 0 Å². The summed E-state index contributed by atoms with van der Waals surface area (Å²) >= 11 is 12.5. The van der Waals surface area contributed by atoms with Crippen LogP contribution < -0.4 is 5.32 Å². The van der Waals surface area contributed by atoms with Crippen molar-refractivity contribution >= 4 is 42.5 Å². The van der Waals surface area contributed by atoms with Crippen molar-refractivity contribution in [3.8, 4) is 0 Å². The van der Waals surface area contributed by atoms with E-state index >= 15 is 0 Å². The molecule has 0 bridgehead atoms. The van der Waals surface area contributed by atoms with E-state index in [1.54, 1.807) is 6.07 Å². The second-order valence-corrected chi connectivity index (χ2v) is 9.15. The molecule has 0 aliphatic carbocycles. The lowest BCUT2D eigenvalue weighted by Crippen LogP contribution is -2.41. The van der Waals surface area contributed by atoms with E-state index in [1.165, 1.54) is 0 Å². The SMILES string of the molecule is CC1(C)OB(C(=Cc2cccc(Cl)c2Cl)CNC(=O)OCc2ccccc2)OC1(C)C. The number of amides is 1. The summed E-state index contributed by atoms with van der Waals surface area (Å²) in [4.78, 5) is 12.3. The average molecular weight is 462 g/mol. The minimum atomic E-state index is -0.658. The highest BCUT2D eigenvalue weighted by Crippen LogP contribution is 2.39. The molecular formula is C23H26BCl2NO4. The number of carbonyl (C=O) groups is 1. The zero-order valence-electron chi connectivity index (χ0n) is 18.1. The molecule has 0 radical (unpaired) electrons. The summed E-state index contributed by atoms with van der Waals surface area (Å²) in [7, 11) is -0.658. The zero-order chi connectivity index (χ0) is 22.6. The molecule has 8 heteroatoms. The van der Waals surface area contributed by atoms with Crippen LogP contribution in [0.3, 0.4) is 0 Å². The summed E-state index contributed by atoms with van der Waals surface area (Å²) in [5, 5.41) is 3.64. The number of halogens is 2. The van der Waals surface area contributed by atoms with Crippen LogP contribution in [0.25, 0.3) is 6.08 Å². The van der Waals surface area contributed by atoms with E-state index in [0.29, 0.717) is 21.1 Å². The maximum absolute atomic E-state index is 12.3. The quantitative estimate of drug-likeness (QED) is 0.541. The summed E-state index contributed by atoms with van der Waals surface area (Å²) in [5.74, 6) is 0. The summed E-state index contributed by atoms with van der Waals surface area (Å²) < 4.78 is 17.7. The van der Waals surface area contributed by atoms with Crippen LogP contribution in [0.15, 0.2) is 54.0 Å². The van der Waals surface area contributed by atoms with Crippen LogP contribution >= 0.6 is 23.2 Å². The number of hydrogen-bond acceptors (Lipinski definition) is 4. The molecule has 2 aromatic carbocycles. The van der Waals surface area contributed by atoms with Crippen molar-refractivity contribution in [3.05, 3.63) is 75.2 Å². The number of benzene rings is 2. The van der Waals surface area contributed by atoms with Crippen molar-refractivity contribution in [1.82, 2.24) is 5.32 Å². The number of hydrogen-bond donors (Lipinski definition) is 1. The largest absolute Gasteiger partial charge is 0.492 e. The van der Waals surface area contributed by atoms with Crippen molar-refractivity contribution in [2.75, 3.05) is 6.54 Å². The van der Waals surface area contributed by atoms with Crippen molar-refractivity contribution in [2.45, 2.75) is 45.5 Å². The Kier molecular flexibility index (Phi) is 7.37. The molecule has 0 unspecified atom stereocenters. The summed E-state index contributed by atoms with van der Waals surface area (Å²) in [6, 6.07) is 14.8. The van der Waals surface area contributed by atoms with Crippen molar-refractivity contribution < 1.29 is 18.8 Å².